The fraction of sp³-hybridized carbons (Fsp3) is 0.417. The van der Waals surface area contributed by atoms with Gasteiger partial charge in [-0.2, -0.15) is 0 Å². The van der Waals surface area contributed by atoms with Crippen LogP contribution < -0.4 is 0 Å². The predicted molar refractivity (Wildman–Crippen MR) is 59.6 cm³/mol. The topological polar surface area (TPSA) is 37.3 Å². The third-order valence-corrected chi connectivity index (χ3v) is 3.28. The number of carboxylic acids is 1. The fourth-order valence-corrected chi connectivity index (χ4v) is 2.48. The Labute approximate surface area is 93.9 Å². The van der Waals surface area contributed by atoms with Crippen LogP contribution in [0.4, 0.5) is 0 Å². The summed E-state index contributed by atoms with van der Waals surface area (Å²) in [6.07, 6.45) is 4.60. The zero-order valence-corrected chi connectivity index (χ0v) is 9.13. The minimum atomic E-state index is -0.876. The Balaban J connectivity index is 2.40. The predicted octanol–water partition coefficient (Wildman–Crippen LogP) is 3.70. The van der Waals surface area contributed by atoms with Crippen LogP contribution in [0.3, 0.4) is 0 Å². The molecule has 0 spiro atoms. The van der Waals surface area contributed by atoms with Crippen molar-refractivity contribution < 1.29 is 9.90 Å². The van der Waals surface area contributed by atoms with E-state index in [1.807, 2.05) is 6.07 Å². The number of benzene rings is 1. The molecule has 0 saturated heterocycles. The molecule has 1 aromatic rings. The average Bonchev–Trinajstić information content (AvgIpc) is 2.70. The molecule has 0 amide bonds. The highest BCUT2D eigenvalue weighted by Gasteiger charge is 2.22. The maximum absolute atomic E-state index is 11.1. The van der Waals surface area contributed by atoms with Crippen molar-refractivity contribution in [1.82, 2.24) is 0 Å². The van der Waals surface area contributed by atoms with Crippen molar-refractivity contribution in [3.8, 4) is 0 Å². The van der Waals surface area contributed by atoms with Gasteiger partial charge in [0.05, 0.1) is 5.56 Å². The molecule has 1 fully saturated rings. The van der Waals surface area contributed by atoms with Crippen molar-refractivity contribution in [3.63, 3.8) is 0 Å². The molecule has 80 valence electrons. The Morgan fingerprint density at radius 2 is 2.00 bits per heavy atom. The fourth-order valence-electron chi connectivity index (χ4n) is 2.31. The van der Waals surface area contributed by atoms with Crippen LogP contribution in [0.2, 0.25) is 5.02 Å². The van der Waals surface area contributed by atoms with Crippen LogP contribution in [0, 0.1) is 0 Å². The van der Waals surface area contributed by atoms with Crippen molar-refractivity contribution in [2.45, 2.75) is 31.6 Å². The van der Waals surface area contributed by atoms with E-state index in [1.165, 1.54) is 12.8 Å². The largest absolute Gasteiger partial charge is 0.478 e. The van der Waals surface area contributed by atoms with Gasteiger partial charge in [-0.05, 0) is 36.5 Å². The number of halogens is 1. The molecule has 0 aliphatic heterocycles. The van der Waals surface area contributed by atoms with Crippen LogP contribution in [0.25, 0.3) is 0 Å². The Hall–Kier alpha value is -1.02. The number of carbonyl (C=O) groups is 1. The van der Waals surface area contributed by atoms with Crippen molar-refractivity contribution in [3.05, 3.63) is 34.3 Å². The van der Waals surface area contributed by atoms with Gasteiger partial charge in [-0.3, -0.25) is 0 Å². The molecule has 3 heteroatoms. The molecule has 0 bridgehead atoms. The van der Waals surface area contributed by atoms with Crippen LogP contribution in [0.15, 0.2) is 18.2 Å². The normalized spacial score (nSPS) is 16.9. The number of aromatic carboxylic acids is 1. The van der Waals surface area contributed by atoms with Crippen LogP contribution >= 0.6 is 11.6 Å². The number of carboxylic acid groups (broad SMARTS) is 1. The lowest BCUT2D eigenvalue weighted by Gasteiger charge is -2.12. The smallest absolute Gasteiger partial charge is 0.336 e. The number of hydrogen-bond donors (Lipinski definition) is 1. The maximum atomic E-state index is 11.1. The van der Waals surface area contributed by atoms with E-state index in [1.54, 1.807) is 12.1 Å². The molecule has 15 heavy (non-hydrogen) atoms. The molecule has 1 aliphatic rings. The quantitative estimate of drug-likeness (QED) is 0.832. The Kier molecular flexibility index (Phi) is 2.96. The number of rotatable bonds is 2. The van der Waals surface area contributed by atoms with Gasteiger partial charge >= 0.3 is 5.97 Å². The lowest BCUT2D eigenvalue weighted by atomic mass is 9.93. The molecular weight excluding hydrogens is 212 g/mol. The number of hydrogen-bond acceptors (Lipinski definition) is 1. The minimum Gasteiger partial charge on any atom is -0.478 e. The minimum absolute atomic E-state index is 0.370. The van der Waals surface area contributed by atoms with Crippen LogP contribution in [-0.4, -0.2) is 11.1 Å². The first-order valence-corrected chi connectivity index (χ1v) is 5.59. The zero-order chi connectivity index (χ0) is 10.8. The summed E-state index contributed by atoms with van der Waals surface area (Å²) >= 11 is 5.80. The van der Waals surface area contributed by atoms with Crippen molar-refractivity contribution >= 4 is 17.6 Å². The summed E-state index contributed by atoms with van der Waals surface area (Å²) in [7, 11) is 0. The lowest BCUT2D eigenvalue weighted by molar-refractivity contribution is 0.0695. The maximum Gasteiger partial charge on any atom is 0.336 e. The van der Waals surface area contributed by atoms with E-state index in [0.29, 0.717) is 16.5 Å². The Bertz CT molecular complexity index is 381. The van der Waals surface area contributed by atoms with Crippen molar-refractivity contribution in [2.24, 2.45) is 0 Å². The first kappa shape index (κ1) is 10.5. The summed E-state index contributed by atoms with van der Waals surface area (Å²) in [6, 6.07) is 5.20. The van der Waals surface area contributed by atoms with Gasteiger partial charge in [-0.25, -0.2) is 4.79 Å². The third kappa shape index (κ3) is 2.15. The Morgan fingerprint density at radius 1 is 1.33 bits per heavy atom. The summed E-state index contributed by atoms with van der Waals surface area (Å²) in [5.74, 6) is -0.465. The molecule has 2 nitrogen and oxygen atoms in total. The molecular formula is C12H13ClO2. The molecule has 0 unspecified atom stereocenters. The first-order valence-electron chi connectivity index (χ1n) is 5.21. The van der Waals surface area contributed by atoms with E-state index in [9.17, 15) is 4.79 Å². The van der Waals surface area contributed by atoms with Gasteiger partial charge in [-0.15, -0.1) is 0 Å². The van der Waals surface area contributed by atoms with E-state index >= 15 is 0 Å². The van der Waals surface area contributed by atoms with E-state index < -0.39 is 5.97 Å². The molecule has 0 heterocycles. The summed E-state index contributed by atoms with van der Waals surface area (Å²) < 4.78 is 0. The van der Waals surface area contributed by atoms with E-state index in [-0.39, 0.29) is 0 Å². The molecule has 0 aromatic heterocycles. The van der Waals surface area contributed by atoms with Crippen molar-refractivity contribution in [2.75, 3.05) is 0 Å². The SMILES string of the molecule is O=C(O)c1cc(Cl)ccc1C1CCCC1. The molecule has 1 N–H and O–H groups in total. The summed E-state index contributed by atoms with van der Waals surface area (Å²) in [5, 5.41) is 9.59. The Morgan fingerprint density at radius 3 is 2.60 bits per heavy atom. The second-order valence-electron chi connectivity index (χ2n) is 4.02. The van der Waals surface area contributed by atoms with Crippen LogP contribution in [-0.2, 0) is 0 Å². The van der Waals surface area contributed by atoms with E-state index in [4.69, 9.17) is 16.7 Å². The second kappa shape index (κ2) is 4.23. The first-order chi connectivity index (χ1) is 7.18. The molecule has 0 radical (unpaired) electrons. The molecule has 0 atom stereocenters. The molecule has 1 aliphatic carbocycles. The van der Waals surface area contributed by atoms with E-state index in [0.717, 1.165) is 18.4 Å². The van der Waals surface area contributed by atoms with Gasteiger partial charge in [0.1, 0.15) is 0 Å². The van der Waals surface area contributed by atoms with Crippen molar-refractivity contribution in [1.29, 1.82) is 0 Å². The highest BCUT2D eigenvalue weighted by molar-refractivity contribution is 6.31. The highest BCUT2D eigenvalue weighted by atomic mass is 35.5. The van der Waals surface area contributed by atoms with Gasteiger partial charge in [0.25, 0.3) is 0 Å². The summed E-state index contributed by atoms with van der Waals surface area (Å²) in [5.41, 5.74) is 1.32. The molecule has 1 aromatic carbocycles. The van der Waals surface area contributed by atoms with Crippen LogP contribution in [0.5, 0.6) is 0 Å². The summed E-state index contributed by atoms with van der Waals surface area (Å²) in [4.78, 5) is 11.1. The monoisotopic (exact) mass is 224 g/mol. The lowest BCUT2D eigenvalue weighted by Crippen LogP contribution is -2.05. The van der Waals surface area contributed by atoms with Gasteiger partial charge in [0.15, 0.2) is 0 Å². The molecule has 2 rings (SSSR count). The van der Waals surface area contributed by atoms with E-state index in [2.05, 4.69) is 0 Å². The standard InChI is InChI=1S/C12H13ClO2/c13-9-5-6-10(8-3-1-2-4-8)11(7-9)12(14)15/h5-8H,1-4H2,(H,14,15). The van der Waals surface area contributed by atoms with Gasteiger partial charge < -0.3 is 5.11 Å². The average molecular weight is 225 g/mol. The second-order valence-corrected chi connectivity index (χ2v) is 4.45. The highest BCUT2D eigenvalue weighted by Crippen LogP contribution is 2.36. The van der Waals surface area contributed by atoms with Gasteiger partial charge in [0.2, 0.25) is 0 Å². The summed E-state index contributed by atoms with van der Waals surface area (Å²) in [6.45, 7) is 0. The molecule has 1 saturated carbocycles. The van der Waals surface area contributed by atoms with Gasteiger partial charge in [-0.1, -0.05) is 30.5 Å². The third-order valence-electron chi connectivity index (χ3n) is 3.04. The van der Waals surface area contributed by atoms with Crippen LogP contribution in [0.1, 0.15) is 47.5 Å². The van der Waals surface area contributed by atoms with Gasteiger partial charge in [0, 0.05) is 5.02 Å². The zero-order valence-electron chi connectivity index (χ0n) is 8.37.